The van der Waals surface area contributed by atoms with Gasteiger partial charge in [-0.2, -0.15) is 0 Å². The van der Waals surface area contributed by atoms with E-state index in [2.05, 4.69) is 47.6 Å². The molecular formula is C61H104O27. The lowest BCUT2D eigenvalue weighted by molar-refractivity contribution is -0.380. The first-order valence-corrected chi connectivity index (χ1v) is 31.8. The van der Waals surface area contributed by atoms with Gasteiger partial charge >= 0.3 is 0 Å². The first kappa shape index (κ1) is 71.0. The SMILES string of the molecule is C[C@@H]1[C@@H](O)[C@H](OC[C@H]2O[C@@H](O[C@H](CC[C@@H](C)C3CC[C@@]4(C)C5CC=C6C(CC[C@H](O[C@@H]7O[C@H](CO)[C@@H](O[C@@H]8O[C@H](CO)[C@@H](O)[C@H](O)[C@H]8O)[C@H](O)[C@H]7O)C6(C)C)[C@]5(C)CC[C@]34C)C(C)(C)O)[C@H](O[C@H]3O[C@@H](CO)[C@H](O)[C@@H](O)[C@@H]3O)[C@@H](O)[C@@H]2O)O[C@H](CO)[C@H]1O. The molecule has 27 heteroatoms. The summed E-state index contributed by atoms with van der Waals surface area (Å²) in [7, 11) is 0. The Labute approximate surface area is 514 Å². The van der Waals surface area contributed by atoms with Crippen molar-refractivity contribution in [2.75, 3.05) is 33.0 Å². The molecule has 88 heavy (non-hydrogen) atoms. The molecule has 0 aromatic carbocycles. The molecule has 3 unspecified atom stereocenters. The van der Waals surface area contributed by atoms with Gasteiger partial charge in [0.1, 0.15) is 110 Å². The van der Waals surface area contributed by atoms with Crippen LogP contribution in [-0.4, -0.2) is 285 Å². The second-order valence-electron chi connectivity index (χ2n) is 29.0. The number of rotatable bonds is 20. The van der Waals surface area contributed by atoms with Gasteiger partial charge in [0.25, 0.3) is 0 Å². The fraction of sp³-hybridized carbons (Fsp3) is 0.967. The predicted octanol–water partition coefficient (Wildman–Crippen LogP) is -3.10. The van der Waals surface area contributed by atoms with E-state index in [1.807, 2.05) is 0 Å². The summed E-state index contributed by atoms with van der Waals surface area (Å²) >= 11 is 0. The largest absolute Gasteiger partial charge is 0.394 e. The molecule has 0 aromatic rings. The van der Waals surface area contributed by atoms with Crippen molar-refractivity contribution >= 4 is 0 Å². The van der Waals surface area contributed by atoms with Crippen molar-refractivity contribution in [3.63, 3.8) is 0 Å². The van der Waals surface area contributed by atoms with Crippen LogP contribution in [0, 0.1) is 51.2 Å². The molecule has 34 atom stereocenters. The van der Waals surface area contributed by atoms with E-state index in [-0.39, 0.29) is 40.4 Å². The molecule has 0 amide bonds. The van der Waals surface area contributed by atoms with Crippen LogP contribution in [-0.2, 0) is 47.4 Å². The predicted molar refractivity (Wildman–Crippen MR) is 302 cm³/mol. The van der Waals surface area contributed by atoms with Crippen LogP contribution in [0.5, 0.6) is 0 Å². The normalized spacial score (nSPS) is 51.4. The Bertz CT molecular complexity index is 2300. The third-order valence-electron chi connectivity index (χ3n) is 23.2. The topological polar surface area (TPSA) is 436 Å². The van der Waals surface area contributed by atoms with Gasteiger partial charge in [-0.05, 0) is 112 Å². The third-order valence-corrected chi connectivity index (χ3v) is 23.2. The summed E-state index contributed by atoms with van der Waals surface area (Å²) in [5, 5.41) is 183. The zero-order valence-electron chi connectivity index (χ0n) is 52.1. The molecule has 5 aliphatic heterocycles. The molecule has 0 radical (unpaired) electrons. The Morgan fingerprint density at radius 2 is 1.02 bits per heavy atom. The Hall–Kier alpha value is -1.34. The van der Waals surface area contributed by atoms with Gasteiger partial charge < -0.3 is 134 Å². The van der Waals surface area contributed by atoms with Gasteiger partial charge in [-0.25, -0.2) is 0 Å². The number of hydrogen-bond donors (Lipinski definition) is 17. The molecule has 5 heterocycles. The molecule has 9 aliphatic rings. The van der Waals surface area contributed by atoms with Crippen molar-refractivity contribution in [3.05, 3.63) is 11.6 Å². The van der Waals surface area contributed by atoms with Crippen LogP contribution in [0.1, 0.15) is 120 Å². The maximum Gasteiger partial charge on any atom is 0.187 e. The average molecular weight is 1270 g/mol. The smallest absolute Gasteiger partial charge is 0.187 e. The second-order valence-corrected chi connectivity index (χ2v) is 29.0. The fourth-order valence-corrected chi connectivity index (χ4v) is 17.3. The van der Waals surface area contributed by atoms with Crippen LogP contribution in [0.3, 0.4) is 0 Å². The summed E-state index contributed by atoms with van der Waals surface area (Å²) in [6.45, 7) is 15.2. The lowest BCUT2D eigenvalue weighted by Crippen LogP contribution is -2.65. The Morgan fingerprint density at radius 3 is 1.60 bits per heavy atom. The Kier molecular flexibility index (Phi) is 22.1. The number of aliphatic hydroxyl groups excluding tert-OH is 16. The van der Waals surface area contributed by atoms with Crippen molar-refractivity contribution in [1.29, 1.82) is 0 Å². The van der Waals surface area contributed by atoms with E-state index in [4.69, 9.17) is 47.4 Å². The van der Waals surface area contributed by atoms with E-state index >= 15 is 0 Å². The summed E-state index contributed by atoms with van der Waals surface area (Å²) in [5.41, 5.74) is -1.12. The van der Waals surface area contributed by atoms with Gasteiger partial charge in [0, 0.05) is 11.3 Å². The molecule has 3 saturated carbocycles. The summed E-state index contributed by atoms with van der Waals surface area (Å²) in [5.74, 6) is 0.0996. The maximum absolute atomic E-state index is 11.9. The molecule has 9 rings (SSSR count). The van der Waals surface area contributed by atoms with Crippen molar-refractivity contribution in [2.24, 2.45) is 51.2 Å². The Morgan fingerprint density at radius 1 is 0.523 bits per heavy atom. The van der Waals surface area contributed by atoms with Crippen LogP contribution >= 0.6 is 0 Å². The summed E-state index contributed by atoms with van der Waals surface area (Å²) in [6, 6.07) is 0. The van der Waals surface area contributed by atoms with Crippen molar-refractivity contribution < 1.29 is 134 Å². The summed E-state index contributed by atoms with van der Waals surface area (Å²) in [6.07, 6.45) is -30.0. The second kappa shape index (κ2) is 27.4. The highest BCUT2D eigenvalue weighted by Gasteiger charge is 2.68. The standard InChI is InChI=1S/C61H104O27/c1-25(10-14-37(58(5,6)78)86-56-51(88-55-48(76)44(72)41(69)32(22-64)82-55)45(73)42(70)34(84-56)24-79-52-39(67)26(2)38(66)30(20-62)80-52)27-16-17-61(9)35-13-11-28-29(59(35,7)18-19-60(27,61)8)12-15-36(57(28,3)4)85-53-49(77)46(74)50(33(23-65)83-53)87-54-47(75)43(71)40(68)31(21-63)81-54/h11,25-27,29-56,62-78H,10,12-24H2,1-9H3/t25-,26+,27?,29?,30-,31-,32+,33-,34-,35?,36+,37-,38+,39-,40-,41+,42-,43+,44-,45+,46-,47-,48+,49-,50-,51-,52-,53+,54+,55-,56+,59+,60-,61+/m1/s1. The first-order valence-electron chi connectivity index (χ1n) is 31.8. The highest BCUT2D eigenvalue weighted by Crippen LogP contribution is 2.75. The van der Waals surface area contributed by atoms with Crippen LogP contribution in [0.4, 0.5) is 0 Å². The minimum atomic E-state index is -1.91. The molecule has 0 spiro atoms. The highest BCUT2D eigenvalue weighted by atomic mass is 16.8. The van der Waals surface area contributed by atoms with E-state index in [0.29, 0.717) is 18.8 Å². The fourth-order valence-electron chi connectivity index (χ4n) is 17.3. The zero-order chi connectivity index (χ0) is 64.7. The lowest BCUT2D eigenvalue weighted by atomic mass is 9.39. The van der Waals surface area contributed by atoms with Gasteiger partial charge in [0.05, 0.1) is 56.9 Å². The summed E-state index contributed by atoms with van der Waals surface area (Å²) in [4.78, 5) is 0. The van der Waals surface area contributed by atoms with E-state index in [0.717, 1.165) is 38.5 Å². The number of allylic oxidation sites excluding steroid dienone is 1. The van der Waals surface area contributed by atoms with Gasteiger partial charge in [-0.3, -0.25) is 0 Å². The molecule has 5 saturated heterocycles. The molecule has 4 aliphatic carbocycles. The monoisotopic (exact) mass is 1270 g/mol. The third kappa shape index (κ3) is 12.9. The van der Waals surface area contributed by atoms with E-state index in [9.17, 15) is 86.8 Å². The van der Waals surface area contributed by atoms with E-state index in [1.165, 1.54) is 5.57 Å². The molecule has 27 nitrogen and oxygen atoms in total. The van der Waals surface area contributed by atoms with Gasteiger partial charge in [-0.1, -0.05) is 60.1 Å². The molecule has 0 bridgehead atoms. The number of aliphatic hydroxyl groups is 17. The van der Waals surface area contributed by atoms with E-state index in [1.54, 1.807) is 20.8 Å². The van der Waals surface area contributed by atoms with Crippen molar-refractivity contribution in [1.82, 2.24) is 0 Å². The number of ether oxygens (including phenoxy) is 10. The van der Waals surface area contributed by atoms with Gasteiger partial charge in [-0.15, -0.1) is 0 Å². The average Bonchev–Trinajstić information content (AvgIpc) is 1.09. The quantitative estimate of drug-likeness (QED) is 0.0537. The minimum absolute atomic E-state index is 0.0805. The maximum atomic E-state index is 11.9. The zero-order valence-corrected chi connectivity index (χ0v) is 52.1. The van der Waals surface area contributed by atoms with Crippen molar-refractivity contribution in [2.45, 2.75) is 285 Å². The number of hydrogen-bond acceptors (Lipinski definition) is 27. The molecule has 8 fully saturated rings. The first-order chi connectivity index (χ1) is 41.2. The molecule has 0 aromatic heterocycles. The van der Waals surface area contributed by atoms with E-state index < -0.39 is 210 Å². The minimum Gasteiger partial charge on any atom is -0.394 e. The van der Waals surface area contributed by atoms with Crippen LogP contribution in [0.2, 0.25) is 0 Å². The van der Waals surface area contributed by atoms with Gasteiger partial charge in [0.2, 0.25) is 0 Å². The van der Waals surface area contributed by atoms with Crippen LogP contribution in [0.15, 0.2) is 11.6 Å². The molecular weight excluding hydrogens is 1160 g/mol. The summed E-state index contributed by atoms with van der Waals surface area (Å²) < 4.78 is 60.2. The highest BCUT2D eigenvalue weighted by molar-refractivity contribution is 5.30. The lowest BCUT2D eigenvalue weighted by Gasteiger charge is -2.66. The van der Waals surface area contributed by atoms with Gasteiger partial charge in [0.15, 0.2) is 31.5 Å². The number of fused-ring (bicyclic) bond motifs is 5. The van der Waals surface area contributed by atoms with Crippen LogP contribution < -0.4 is 0 Å². The Balaban J connectivity index is 0.872. The van der Waals surface area contributed by atoms with Crippen molar-refractivity contribution in [3.8, 4) is 0 Å². The van der Waals surface area contributed by atoms with Crippen LogP contribution in [0.25, 0.3) is 0 Å². The molecule has 17 N–H and O–H groups in total. The molecule has 510 valence electrons.